The molecule has 0 fully saturated rings. The Kier molecular flexibility index (Phi) is 4.18. The highest BCUT2D eigenvalue weighted by Crippen LogP contribution is 2.32. The third-order valence-electron chi connectivity index (χ3n) is 2.67. The van der Waals surface area contributed by atoms with Gasteiger partial charge < -0.3 is 4.74 Å². The molecule has 0 saturated heterocycles. The molecule has 0 bridgehead atoms. The van der Waals surface area contributed by atoms with Gasteiger partial charge in [-0.25, -0.2) is 4.98 Å². The number of nitrogens with zero attached hydrogens (tertiary/aromatic N) is 2. The summed E-state index contributed by atoms with van der Waals surface area (Å²) < 4.78 is 77.9. The van der Waals surface area contributed by atoms with Crippen LogP contribution in [0, 0.1) is 11.3 Å². The van der Waals surface area contributed by atoms with Gasteiger partial charge in [-0.1, -0.05) is 0 Å². The molecule has 0 aliphatic heterocycles. The number of pyridine rings is 1. The van der Waals surface area contributed by atoms with Gasteiger partial charge in [0.15, 0.2) is 0 Å². The second-order valence-electron chi connectivity index (χ2n) is 4.27. The lowest BCUT2D eigenvalue weighted by Gasteiger charge is -2.11. The zero-order valence-electron chi connectivity index (χ0n) is 11.0. The first kappa shape index (κ1) is 16.6. The van der Waals surface area contributed by atoms with E-state index in [0.717, 1.165) is 30.3 Å². The van der Waals surface area contributed by atoms with E-state index in [1.54, 1.807) is 6.07 Å². The number of ether oxygens (including phenoxy) is 1. The van der Waals surface area contributed by atoms with Crippen molar-refractivity contribution in [3.05, 3.63) is 47.7 Å². The summed E-state index contributed by atoms with van der Waals surface area (Å²) in [4.78, 5) is 3.38. The van der Waals surface area contributed by atoms with Crippen molar-refractivity contribution in [3.63, 3.8) is 0 Å². The van der Waals surface area contributed by atoms with E-state index < -0.39 is 24.0 Å². The van der Waals surface area contributed by atoms with E-state index in [0.29, 0.717) is 6.07 Å². The minimum Gasteiger partial charge on any atom is -0.406 e. The number of alkyl halides is 6. The van der Waals surface area contributed by atoms with Crippen LogP contribution in [0.5, 0.6) is 5.75 Å². The number of hydrogen-bond acceptors (Lipinski definition) is 3. The molecule has 3 nitrogen and oxygen atoms in total. The molecule has 0 N–H and O–H groups in total. The van der Waals surface area contributed by atoms with Gasteiger partial charge in [0.25, 0.3) is 0 Å². The van der Waals surface area contributed by atoms with Crippen LogP contribution < -0.4 is 4.74 Å². The fourth-order valence-corrected chi connectivity index (χ4v) is 1.74. The highest BCUT2D eigenvalue weighted by atomic mass is 19.4. The van der Waals surface area contributed by atoms with Crippen molar-refractivity contribution in [1.82, 2.24) is 4.98 Å². The normalized spacial score (nSPS) is 11.9. The summed E-state index contributed by atoms with van der Waals surface area (Å²) in [6, 6.07) is 7.31. The third-order valence-corrected chi connectivity index (χ3v) is 2.67. The largest absolute Gasteiger partial charge is 0.573 e. The fourth-order valence-electron chi connectivity index (χ4n) is 1.74. The second kappa shape index (κ2) is 5.79. The molecular weight excluding hydrogens is 326 g/mol. The average Bonchev–Trinajstić information content (AvgIpc) is 2.45. The summed E-state index contributed by atoms with van der Waals surface area (Å²) in [6.45, 7) is 0. The number of nitriles is 1. The van der Waals surface area contributed by atoms with Crippen LogP contribution in [0.4, 0.5) is 26.3 Å². The van der Waals surface area contributed by atoms with E-state index in [-0.39, 0.29) is 16.8 Å². The van der Waals surface area contributed by atoms with Crippen LogP contribution >= 0.6 is 0 Å². The molecule has 0 saturated carbocycles. The Morgan fingerprint density at radius 3 is 2.00 bits per heavy atom. The van der Waals surface area contributed by atoms with Crippen molar-refractivity contribution in [3.8, 4) is 23.1 Å². The summed E-state index contributed by atoms with van der Waals surface area (Å²) in [6.07, 6.45) is -9.59. The predicted octanol–water partition coefficient (Wildman–Crippen LogP) is 4.54. The minimum atomic E-state index is -4.88. The van der Waals surface area contributed by atoms with Crippen molar-refractivity contribution < 1.29 is 31.1 Å². The summed E-state index contributed by atoms with van der Waals surface area (Å²) in [5, 5.41) is 8.94. The average molecular weight is 332 g/mol. The number of benzene rings is 1. The maximum atomic E-state index is 12.7. The number of hydrogen-bond donors (Lipinski definition) is 0. The molecule has 0 atom stereocenters. The zero-order valence-corrected chi connectivity index (χ0v) is 11.0. The molecule has 0 aliphatic rings. The topological polar surface area (TPSA) is 45.9 Å². The SMILES string of the molecule is N#Cc1ccc(C(F)(F)F)nc1-c1ccc(OC(F)(F)F)cc1. The van der Waals surface area contributed by atoms with E-state index in [1.807, 2.05) is 0 Å². The van der Waals surface area contributed by atoms with Crippen molar-refractivity contribution in [1.29, 1.82) is 5.26 Å². The molecule has 0 radical (unpaired) electrons. The van der Waals surface area contributed by atoms with Gasteiger partial charge in [-0.05, 0) is 36.4 Å². The van der Waals surface area contributed by atoms with Crippen LogP contribution in [-0.2, 0) is 6.18 Å². The van der Waals surface area contributed by atoms with Crippen molar-refractivity contribution >= 4 is 0 Å². The molecule has 23 heavy (non-hydrogen) atoms. The Morgan fingerprint density at radius 2 is 1.52 bits per heavy atom. The smallest absolute Gasteiger partial charge is 0.406 e. The summed E-state index contributed by atoms with van der Waals surface area (Å²) in [5.74, 6) is -0.535. The van der Waals surface area contributed by atoms with Gasteiger partial charge in [0.05, 0.1) is 11.3 Å². The molecular formula is C14H6F6N2O. The Morgan fingerprint density at radius 1 is 0.913 bits per heavy atom. The first-order chi connectivity index (χ1) is 10.6. The molecule has 2 aromatic rings. The van der Waals surface area contributed by atoms with Crippen molar-refractivity contribution in [2.24, 2.45) is 0 Å². The van der Waals surface area contributed by atoms with Gasteiger partial charge in [0, 0.05) is 5.56 Å². The quantitative estimate of drug-likeness (QED) is 0.759. The summed E-state index contributed by atoms with van der Waals surface area (Å²) in [7, 11) is 0. The fraction of sp³-hybridized carbons (Fsp3) is 0.143. The highest BCUT2D eigenvalue weighted by Gasteiger charge is 2.33. The molecule has 0 amide bonds. The van der Waals surface area contributed by atoms with Gasteiger partial charge in [0.2, 0.25) is 0 Å². The van der Waals surface area contributed by atoms with E-state index in [1.165, 1.54) is 0 Å². The lowest BCUT2D eigenvalue weighted by molar-refractivity contribution is -0.274. The van der Waals surface area contributed by atoms with Gasteiger partial charge >= 0.3 is 12.5 Å². The van der Waals surface area contributed by atoms with Crippen LogP contribution in [-0.4, -0.2) is 11.3 Å². The Labute approximate surface area is 125 Å². The second-order valence-corrected chi connectivity index (χ2v) is 4.27. The van der Waals surface area contributed by atoms with Gasteiger partial charge in [-0.2, -0.15) is 18.4 Å². The Bertz CT molecular complexity index is 744. The van der Waals surface area contributed by atoms with Crippen molar-refractivity contribution in [2.75, 3.05) is 0 Å². The Balaban J connectivity index is 2.43. The lowest BCUT2D eigenvalue weighted by atomic mass is 10.1. The van der Waals surface area contributed by atoms with Gasteiger partial charge in [-0.15, -0.1) is 13.2 Å². The molecule has 0 spiro atoms. The van der Waals surface area contributed by atoms with Gasteiger partial charge in [0.1, 0.15) is 17.5 Å². The molecule has 1 aromatic heterocycles. The summed E-state index contributed by atoms with van der Waals surface area (Å²) in [5.41, 5.74) is -1.56. The van der Waals surface area contributed by atoms with Crippen molar-refractivity contribution in [2.45, 2.75) is 12.5 Å². The maximum absolute atomic E-state index is 12.7. The molecule has 1 aromatic carbocycles. The highest BCUT2D eigenvalue weighted by molar-refractivity contribution is 5.67. The maximum Gasteiger partial charge on any atom is 0.573 e. The van der Waals surface area contributed by atoms with E-state index in [2.05, 4.69) is 9.72 Å². The lowest BCUT2D eigenvalue weighted by Crippen LogP contribution is -2.17. The monoisotopic (exact) mass is 332 g/mol. The molecule has 120 valence electrons. The van der Waals surface area contributed by atoms with Crippen LogP contribution in [0.3, 0.4) is 0 Å². The molecule has 1 heterocycles. The molecule has 2 rings (SSSR count). The molecule has 0 aliphatic carbocycles. The van der Waals surface area contributed by atoms with Gasteiger partial charge in [-0.3, -0.25) is 0 Å². The standard InChI is InChI=1S/C14H6F6N2O/c15-13(16,17)11-6-3-9(7-21)12(22-11)8-1-4-10(5-2-8)23-14(18,19)20/h1-6H. The van der Waals surface area contributed by atoms with Crippen LogP contribution in [0.1, 0.15) is 11.3 Å². The van der Waals surface area contributed by atoms with Crippen LogP contribution in [0.15, 0.2) is 36.4 Å². The van der Waals surface area contributed by atoms with E-state index >= 15 is 0 Å². The first-order valence-corrected chi connectivity index (χ1v) is 5.95. The predicted molar refractivity (Wildman–Crippen MR) is 66.1 cm³/mol. The number of rotatable bonds is 2. The minimum absolute atomic E-state index is 0.0576. The van der Waals surface area contributed by atoms with Crippen LogP contribution in [0.2, 0.25) is 0 Å². The van der Waals surface area contributed by atoms with E-state index in [4.69, 9.17) is 5.26 Å². The zero-order chi connectivity index (χ0) is 17.3. The van der Waals surface area contributed by atoms with E-state index in [9.17, 15) is 26.3 Å². The summed E-state index contributed by atoms with van der Waals surface area (Å²) >= 11 is 0. The van der Waals surface area contributed by atoms with Crippen LogP contribution in [0.25, 0.3) is 11.3 Å². The Hall–Kier alpha value is -2.76. The third kappa shape index (κ3) is 4.12. The number of aromatic nitrogens is 1. The molecule has 0 unspecified atom stereocenters. The number of halogens is 6. The first-order valence-electron chi connectivity index (χ1n) is 5.95. The molecule has 9 heteroatoms.